The second kappa shape index (κ2) is 6.82. The second-order valence-corrected chi connectivity index (χ2v) is 5.99. The molecule has 1 unspecified atom stereocenters. The summed E-state index contributed by atoms with van der Waals surface area (Å²) in [7, 11) is 0. The van der Waals surface area contributed by atoms with Crippen molar-refractivity contribution in [3.8, 4) is 0 Å². The highest BCUT2D eigenvalue weighted by Gasteiger charge is 2.16. The molecule has 0 saturated heterocycles. The van der Waals surface area contributed by atoms with Gasteiger partial charge < -0.3 is 21.0 Å². The Morgan fingerprint density at radius 1 is 1.38 bits per heavy atom. The van der Waals surface area contributed by atoms with Crippen LogP contribution in [0, 0.1) is 0 Å². The lowest BCUT2D eigenvalue weighted by Crippen LogP contribution is -2.41. The summed E-state index contributed by atoms with van der Waals surface area (Å²) in [6, 6.07) is 4.89. The number of H-pyrrole nitrogens is 2. The summed E-state index contributed by atoms with van der Waals surface area (Å²) in [4.78, 5) is 28.6. The van der Waals surface area contributed by atoms with E-state index in [9.17, 15) is 9.59 Å². The lowest BCUT2D eigenvalue weighted by molar-refractivity contribution is -0.123. The zero-order chi connectivity index (χ0) is 15.4. The summed E-state index contributed by atoms with van der Waals surface area (Å²) >= 11 is 1.67. The minimum absolute atomic E-state index is 0.154. The molecule has 0 aliphatic rings. The van der Waals surface area contributed by atoms with Crippen LogP contribution in [0.15, 0.2) is 23.0 Å². The van der Waals surface area contributed by atoms with Crippen molar-refractivity contribution in [2.45, 2.75) is 25.4 Å². The predicted octanol–water partition coefficient (Wildman–Crippen LogP) is 1.11. The van der Waals surface area contributed by atoms with E-state index >= 15 is 0 Å². The van der Waals surface area contributed by atoms with Gasteiger partial charge in [0.25, 0.3) is 0 Å². The van der Waals surface area contributed by atoms with E-state index in [1.807, 2.05) is 31.4 Å². The first-order chi connectivity index (χ1) is 10.0. The van der Waals surface area contributed by atoms with Gasteiger partial charge in [-0.2, -0.15) is 11.8 Å². The number of carbonyl (C=O) groups excluding carboxylic acids is 1. The third-order valence-corrected chi connectivity index (χ3v) is 4.01. The van der Waals surface area contributed by atoms with E-state index in [1.54, 1.807) is 11.8 Å². The van der Waals surface area contributed by atoms with Gasteiger partial charge in [-0.25, -0.2) is 4.79 Å². The van der Waals surface area contributed by atoms with E-state index < -0.39 is 6.04 Å². The predicted molar refractivity (Wildman–Crippen MR) is 86.5 cm³/mol. The van der Waals surface area contributed by atoms with Gasteiger partial charge in [-0.05, 0) is 43.0 Å². The molecule has 0 spiro atoms. The van der Waals surface area contributed by atoms with Gasteiger partial charge in [0.05, 0.1) is 23.1 Å². The molecule has 1 amide bonds. The molecule has 6 nitrogen and oxygen atoms in total. The summed E-state index contributed by atoms with van der Waals surface area (Å²) in [5.74, 6) is 0.707. The van der Waals surface area contributed by atoms with Crippen LogP contribution in [0.5, 0.6) is 0 Å². The number of carbonyl (C=O) groups is 1. The fourth-order valence-corrected chi connectivity index (χ4v) is 2.59. The van der Waals surface area contributed by atoms with Gasteiger partial charge in [-0.3, -0.25) is 4.79 Å². The van der Waals surface area contributed by atoms with E-state index in [2.05, 4.69) is 15.3 Å². The van der Waals surface area contributed by atoms with Crippen molar-refractivity contribution >= 4 is 28.7 Å². The maximum atomic E-state index is 12.0. The maximum absolute atomic E-state index is 12.0. The fourth-order valence-electron chi connectivity index (χ4n) is 2.10. The first-order valence-electron chi connectivity index (χ1n) is 6.78. The van der Waals surface area contributed by atoms with Gasteiger partial charge in [-0.15, -0.1) is 0 Å². The number of fused-ring (bicyclic) bond motifs is 1. The zero-order valence-corrected chi connectivity index (χ0v) is 12.9. The van der Waals surface area contributed by atoms with Crippen molar-refractivity contribution in [2.24, 2.45) is 5.73 Å². The number of benzene rings is 1. The monoisotopic (exact) mass is 308 g/mol. The molecule has 0 aliphatic heterocycles. The summed E-state index contributed by atoms with van der Waals surface area (Å²) in [5.41, 5.74) is 8.00. The number of imidazole rings is 1. The van der Waals surface area contributed by atoms with Crippen LogP contribution in [0.3, 0.4) is 0 Å². The number of aromatic nitrogens is 2. The molecule has 114 valence electrons. The number of hydrogen-bond acceptors (Lipinski definition) is 4. The SMILES string of the molecule is CSCC[C@@H](N)C(=O)NC(C)c1ccc2[nH]c(=O)[nH]c2c1. The lowest BCUT2D eigenvalue weighted by Gasteiger charge is -2.17. The van der Waals surface area contributed by atoms with Crippen LogP contribution < -0.4 is 16.7 Å². The van der Waals surface area contributed by atoms with Gasteiger partial charge in [-0.1, -0.05) is 6.07 Å². The highest BCUT2D eigenvalue weighted by atomic mass is 32.2. The number of thioether (sulfide) groups is 1. The average molecular weight is 308 g/mol. The molecule has 7 heteroatoms. The Morgan fingerprint density at radius 3 is 2.81 bits per heavy atom. The third kappa shape index (κ3) is 3.89. The number of hydrogen-bond donors (Lipinski definition) is 4. The van der Waals surface area contributed by atoms with Gasteiger partial charge in [0.1, 0.15) is 0 Å². The second-order valence-electron chi connectivity index (χ2n) is 5.00. The largest absolute Gasteiger partial charge is 0.348 e. The molecule has 1 heterocycles. The van der Waals surface area contributed by atoms with Crippen molar-refractivity contribution < 1.29 is 4.79 Å². The van der Waals surface area contributed by atoms with Crippen LogP contribution in [0.2, 0.25) is 0 Å². The Bertz CT molecular complexity index is 679. The Morgan fingerprint density at radius 2 is 2.10 bits per heavy atom. The van der Waals surface area contributed by atoms with Gasteiger partial charge in [0.2, 0.25) is 5.91 Å². The van der Waals surface area contributed by atoms with E-state index in [0.717, 1.165) is 22.3 Å². The highest BCUT2D eigenvalue weighted by molar-refractivity contribution is 7.98. The third-order valence-electron chi connectivity index (χ3n) is 3.37. The van der Waals surface area contributed by atoms with Crippen LogP contribution in [0.25, 0.3) is 11.0 Å². The molecule has 0 bridgehead atoms. The molecule has 0 fully saturated rings. The summed E-state index contributed by atoms with van der Waals surface area (Å²) in [5, 5.41) is 2.90. The van der Waals surface area contributed by atoms with Crippen LogP contribution in [0.1, 0.15) is 24.9 Å². The number of nitrogens with one attached hydrogen (secondary N) is 3. The van der Waals surface area contributed by atoms with Gasteiger partial charge >= 0.3 is 5.69 Å². The quantitative estimate of drug-likeness (QED) is 0.642. The van der Waals surface area contributed by atoms with E-state index in [4.69, 9.17) is 5.73 Å². The van der Waals surface area contributed by atoms with Crippen molar-refractivity contribution in [3.63, 3.8) is 0 Å². The normalized spacial score (nSPS) is 14.0. The molecule has 1 aromatic heterocycles. The molecule has 21 heavy (non-hydrogen) atoms. The van der Waals surface area contributed by atoms with E-state index in [0.29, 0.717) is 6.42 Å². The molecular formula is C14H20N4O2S. The van der Waals surface area contributed by atoms with Crippen molar-refractivity contribution in [3.05, 3.63) is 34.2 Å². The van der Waals surface area contributed by atoms with Gasteiger partial charge in [0.15, 0.2) is 0 Å². The first kappa shape index (κ1) is 15.7. The molecule has 0 saturated carbocycles. The molecule has 1 aromatic carbocycles. The molecule has 2 rings (SSSR count). The molecule has 0 radical (unpaired) electrons. The molecule has 2 aromatic rings. The van der Waals surface area contributed by atoms with Crippen LogP contribution >= 0.6 is 11.8 Å². The smallest absolute Gasteiger partial charge is 0.323 e. The van der Waals surface area contributed by atoms with Gasteiger partial charge in [0, 0.05) is 0 Å². The molecule has 5 N–H and O–H groups in total. The minimum atomic E-state index is -0.490. The van der Waals surface area contributed by atoms with Crippen molar-refractivity contribution in [1.29, 1.82) is 0 Å². The average Bonchev–Trinajstić information content (AvgIpc) is 2.83. The number of amides is 1. The van der Waals surface area contributed by atoms with Crippen LogP contribution in [-0.4, -0.2) is 33.9 Å². The highest BCUT2D eigenvalue weighted by Crippen LogP contribution is 2.17. The summed E-state index contributed by atoms with van der Waals surface area (Å²) in [6.07, 6.45) is 2.64. The van der Waals surface area contributed by atoms with E-state index in [-0.39, 0.29) is 17.6 Å². The molecule has 0 aliphatic carbocycles. The summed E-state index contributed by atoms with van der Waals surface area (Å²) in [6.45, 7) is 1.89. The van der Waals surface area contributed by atoms with Crippen LogP contribution in [0.4, 0.5) is 0 Å². The van der Waals surface area contributed by atoms with Crippen molar-refractivity contribution in [1.82, 2.24) is 15.3 Å². The first-order valence-corrected chi connectivity index (χ1v) is 8.17. The Labute approximate surface area is 126 Å². The fraction of sp³-hybridized carbons (Fsp3) is 0.429. The molecule has 2 atom stereocenters. The minimum Gasteiger partial charge on any atom is -0.348 e. The Kier molecular flexibility index (Phi) is 5.08. The Hall–Kier alpha value is -1.73. The Balaban J connectivity index is 2.05. The lowest BCUT2D eigenvalue weighted by atomic mass is 10.1. The standard InChI is InChI=1S/C14H20N4O2S/c1-8(16-13(19)10(15)5-6-21-2)9-3-4-11-12(7-9)18-14(20)17-11/h3-4,7-8,10H,5-6,15H2,1-2H3,(H,16,19)(H2,17,18,20)/t8?,10-/m1/s1. The number of aromatic amines is 2. The van der Waals surface area contributed by atoms with Crippen molar-refractivity contribution in [2.75, 3.05) is 12.0 Å². The molecular weight excluding hydrogens is 288 g/mol. The van der Waals surface area contributed by atoms with E-state index in [1.165, 1.54) is 0 Å². The number of nitrogens with two attached hydrogens (primary N) is 1. The van der Waals surface area contributed by atoms with Crippen LogP contribution in [-0.2, 0) is 4.79 Å². The number of rotatable bonds is 6. The maximum Gasteiger partial charge on any atom is 0.323 e. The summed E-state index contributed by atoms with van der Waals surface area (Å²) < 4.78 is 0. The zero-order valence-electron chi connectivity index (χ0n) is 12.1. The topological polar surface area (TPSA) is 104 Å².